The second-order valence-corrected chi connectivity index (χ2v) is 9.34. The van der Waals surface area contributed by atoms with Crippen molar-refractivity contribution in [3.63, 3.8) is 0 Å². The number of amides is 3. The first-order valence-corrected chi connectivity index (χ1v) is 12.1. The number of nitrogens with zero attached hydrogens (tertiary/aromatic N) is 2. The number of carbonyl (C=O) groups excluding carboxylic acids is 3. The standard InChI is InChI=1S/C27H32FN3O3/c1-19-8-10-21(11-9-19)25(32)29-24(27(34)30-14-3-2-4-15-30)20-12-16-31(17-13-20)26(33)22-6-5-7-23(28)18-22/h5-11,18,20,24H,2-4,12-17H2,1H3,(H,29,32). The van der Waals surface area contributed by atoms with E-state index in [4.69, 9.17) is 0 Å². The third-order valence-corrected chi connectivity index (χ3v) is 6.90. The lowest BCUT2D eigenvalue weighted by Gasteiger charge is -2.38. The summed E-state index contributed by atoms with van der Waals surface area (Å²) in [6, 6.07) is 12.4. The van der Waals surface area contributed by atoms with Crippen molar-refractivity contribution in [2.24, 2.45) is 5.92 Å². The van der Waals surface area contributed by atoms with E-state index >= 15 is 0 Å². The minimum atomic E-state index is -0.627. The van der Waals surface area contributed by atoms with E-state index in [1.54, 1.807) is 23.1 Å². The van der Waals surface area contributed by atoms with Gasteiger partial charge in [0.15, 0.2) is 0 Å². The highest BCUT2D eigenvalue weighted by Crippen LogP contribution is 2.25. The maximum absolute atomic E-state index is 13.6. The van der Waals surface area contributed by atoms with Crippen molar-refractivity contribution < 1.29 is 18.8 Å². The molecule has 2 aliphatic heterocycles. The van der Waals surface area contributed by atoms with E-state index in [0.717, 1.165) is 24.8 Å². The number of nitrogens with one attached hydrogen (secondary N) is 1. The van der Waals surface area contributed by atoms with Gasteiger partial charge in [0, 0.05) is 37.3 Å². The van der Waals surface area contributed by atoms with Gasteiger partial charge in [-0.15, -0.1) is 0 Å². The van der Waals surface area contributed by atoms with Crippen molar-refractivity contribution in [2.75, 3.05) is 26.2 Å². The van der Waals surface area contributed by atoms with Crippen LogP contribution < -0.4 is 5.32 Å². The summed E-state index contributed by atoms with van der Waals surface area (Å²) in [6.07, 6.45) is 4.26. The summed E-state index contributed by atoms with van der Waals surface area (Å²) >= 11 is 0. The third kappa shape index (κ3) is 5.64. The van der Waals surface area contributed by atoms with Crippen molar-refractivity contribution in [3.8, 4) is 0 Å². The molecule has 7 heteroatoms. The van der Waals surface area contributed by atoms with Crippen LogP contribution in [0.1, 0.15) is 58.4 Å². The molecule has 2 saturated heterocycles. The van der Waals surface area contributed by atoms with Gasteiger partial charge in [-0.05, 0) is 75.3 Å². The van der Waals surface area contributed by atoms with Gasteiger partial charge in [0.05, 0.1) is 0 Å². The molecule has 4 rings (SSSR count). The molecule has 2 aromatic rings. The summed E-state index contributed by atoms with van der Waals surface area (Å²) in [4.78, 5) is 42.9. The molecular weight excluding hydrogens is 433 g/mol. The highest BCUT2D eigenvalue weighted by atomic mass is 19.1. The number of benzene rings is 2. The van der Waals surface area contributed by atoms with E-state index < -0.39 is 11.9 Å². The molecule has 0 saturated carbocycles. The molecule has 0 bridgehead atoms. The zero-order valence-electron chi connectivity index (χ0n) is 19.6. The topological polar surface area (TPSA) is 69.7 Å². The number of rotatable bonds is 5. The number of likely N-dealkylation sites (tertiary alicyclic amines) is 2. The predicted octanol–water partition coefficient (Wildman–Crippen LogP) is 3.80. The van der Waals surface area contributed by atoms with Gasteiger partial charge >= 0.3 is 0 Å². The molecule has 2 fully saturated rings. The lowest BCUT2D eigenvalue weighted by molar-refractivity contribution is -0.136. The Labute approximate surface area is 200 Å². The van der Waals surface area contributed by atoms with Crippen LogP contribution >= 0.6 is 0 Å². The Bertz CT molecular complexity index is 1030. The van der Waals surface area contributed by atoms with Crippen LogP contribution in [-0.2, 0) is 4.79 Å². The molecule has 0 spiro atoms. The van der Waals surface area contributed by atoms with Gasteiger partial charge in [-0.3, -0.25) is 14.4 Å². The van der Waals surface area contributed by atoms with Crippen LogP contribution in [0.5, 0.6) is 0 Å². The van der Waals surface area contributed by atoms with Crippen LogP contribution in [0.3, 0.4) is 0 Å². The van der Waals surface area contributed by atoms with Gasteiger partial charge in [0.2, 0.25) is 5.91 Å². The molecule has 0 aliphatic carbocycles. The first kappa shape index (κ1) is 23.9. The van der Waals surface area contributed by atoms with Gasteiger partial charge in [-0.1, -0.05) is 23.8 Å². The Hall–Kier alpha value is -3.22. The third-order valence-electron chi connectivity index (χ3n) is 6.90. The number of hydrogen-bond acceptors (Lipinski definition) is 3. The van der Waals surface area contributed by atoms with Crippen LogP contribution in [0.4, 0.5) is 4.39 Å². The lowest BCUT2D eigenvalue weighted by Crippen LogP contribution is -2.55. The molecule has 0 radical (unpaired) electrons. The largest absolute Gasteiger partial charge is 0.341 e. The Morgan fingerprint density at radius 2 is 1.56 bits per heavy atom. The Balaban J connectivity index is 1.46. The van der Waals surface area contributed by atoms with Crippen molar-refractivity contribution in [1.29, 1.82) is 0 Å². The van der Waals surface area contributed by atoms with Crippen LogP contribution in [0.2, 0.25) is 0 Å². The molecule has 2 heterocycles. The Kier molecular flexibility index (Phi) is 7.60. The molecular formula is C27H32FN3O3. The summed E-state index contributed by atoms with van der Waals surface area (Å²) in [5.41, 5.74) is 1.92. The number of carbonyl (C=O) groups is 3. The highest BCUT2D eigenvalue weighted by Gasteiger charge is 2.36. The first-order chi connectivity index (χ1) is 16.4. The van der Waals surface area contributed by atoms with E-state index in [0.29, 0.717) is 50.1 Å². The predicted molar refractivity (Wildman–Crippen MR) is 128 cm³/mol. The average molecular weight is 466 g/mol. The number of hydrogen-bond donors (Lipinski definition) is 1. The lowest BCUT2D eigenvalue weighted by atomic mass is 9.87. The fraction of sp³-hybridized carbons (Fsp3) is 0.444. The monoisotopic (exact) mass is 465 g/mol. The van der Waals surface area contributed by atoms with E-state index in [1.807, 2.05) is 24.0 Å². The quantitative estimate of drug-likeness (QED) is 0.730. The van der Waals surface area contributed by atoms with Crippen molar-refractivity contribution in [3.05, 3.63) is 71.0 Å². The van der Waals surface area contributed by atoms with E-state index in [1.165, 1.54) is 18.2 Å². The van der Waals surface area contributed by atoms with Crippen molar-refractivity contribution in [1.82, 2.24) is 15.1 Å². The zero-order valence-corrected chi connectivity index (χ0v) is 19.6. The molecule has 1 N–H and O–H groups in total. The summed E-state index contributed by atoms with van der Waals surface area (Å²) in [5.74, 6) is -1.00. The molecule has 2 aromatic carbocycles. The normalized spacial score (nSPS) is 17.8. The molecule has 3 amide bonds. The number of halogens is 1. The maximum Gasteiger partial charge on any atom is 0.253 e. The Morgan fingerprint density at radius 3 is 2.21 bits per heavy atom. The van der Waals surface area contributed by atoms with Crippen LogP contribution in [0.25, 0.3) is 0 Å². The van der Waals surface area contributed by atoms with Crippen LogP contribution in [0.15, 0.2) is 48.5 Å². The minimum Gasteiger partial charge on any atom is -0.341 e. The molecule has 34 heavy (non-hydrogen) atoms. The van der Waals surface area contributed by atoms with Crippen LogP contribution in [-0.4, -0.2) is 59.7 Å². The van der Waals surface area contributed by atoms with Gasteiger partial charge in [-0.25, -0.2) is 4.39 Å². The number of piperidine rings is 2. The second-order valence-electron chi connectivity index (χ2n) is 9.34. The summed E-state index contributed by atoms with van der Waals surface area (Å²) < 4.78 is 13.6. The van der Waals surface area contributed by atoms with Gasteiger partial charge in [0.25, 0.3) is 11.8 Å². The van der Waals surface area contributed by atoms with Crippen molar-refractivity contribution >= 4 is 17.7 Å². The molecule has 180 valence electrons. The van der Waals surface area contributed by atoms with Gasteiger partial charge < -0.3 is 15.1 Å². The summed E-state index contributed by atoms with van der Waals surface area (Å²) in [7, 11) is 0. The molecule has 1 unspecified atom stereocenters. The smallest absolute Gasteiger partial charge is 0.253 e. The van der Waals surface area contributed by atoms with Crippen molar-refractivity contribution in [2.45, 2.75) is 45.1 Å². The zero-order chi connectivity index (χ0) is 24.1. The molecule has 2 aliphatic rings. The average Bonchev–Trinajstić information content (AvgIpc) is 2.87. The molecule has 6 nitrogen and oxygen atoms in total. The van der Waals surface area contributed by atoms with Gasteiger partial charge in [0.1, 0.15) is 11.9 Å². The molecule has 0 aromatic heterocycles. The maximum atomic E-state index is 13.6. The SMILES string of the molecule is Cc1ccc(C(=O)NC(C(=O)N2CCCCC2)C2CCN(C(=O)c3cccc(F)c3)CC2)cc1. The van der Waals surface area contributed by atoms with E-state index in [2.05, 4.69) is 5.32 Å². The summed E-state index contributed by atoms with van der Waals surface area (Å²) in [5, 5.41) is 3.02. The van der Waals surface area contributed by atoms with E-state index in [9.17, 15) is 18.8 Å². The fourth-order valence-electron chi connectivity index (χ4n) is 4.86. The summed E-state index contributed by atoms with van der Waals surface area (Å²) in [6.45, 7) is 4.32. The second kappa shape index (κ2) is 10.8. The Morgan fingerprint density at radius 1 is 0.882 bits per heavy atom. The van der Waals surface area contributed by atoms with E-state index in [-0.39, 0.29) is 23.6 Å². The first-order valence-electron chi connectivity index (χ1n) is 12.1. The van der Waals surface area contributed by atoms with Crippen LogP contribution in [0, 0.1) is 18.7 Å². The number of aryl methyl sites for hydroxylation is 1. The van der Waals surface area contributed by atoms with Gasteiger partial charge in [-0.2, -0.15) is 0 Å². The molecule has 1 atom stereocenters. The minimum absolute atomic E-state index is 0.0323. The fourth-order valence-corrected chi connectivity index (χ4v) is 4.86. The highest BCUT2D eigenvalue weighted by molar-refractivity contribution is 5.98.